The van der Waals surface area contributed by atoms with Crippen LogP contribution >= 0.6 is 0 Å². The maximum Gasteiger partial charge on any atom is 0.174 e. The summed E-state index contributed by atoms with van der Waals surface area (Å²) in [6, 6.07) is 5.86. The second kappa shape index (κ2) is 4.31. The van der Waals surface area contributed by atoms with E-state index in [0.717, 1.165) is 0 Å². The van der Waals surface area contributed by atoms with Gasteiger partial charge >= 0.3 is 0 Å². The number of nitrogens with zero attached hydrogens (tertiary/aromatic N) is 1. The van der Waals surface area contributed by atoms with E-state index in [1.165, 1.54) is 25.3 Å². The highest BCUT2D eigenvalue weighted by Crippen LogP contribution is 2.22. The first-order valence-electron chi connectivity index (χ1n) is 3.61. The molecule has 0 N–H and O–H groups in total. The molecule has 0 spiro atoms. The van der Waals surface area contributed by atoms with Crippen molar-refractivity contribution in [3.05, 3.63) is 24.0 Å². The smallest absolute Gasteiger partial charge is 0.174 e. The van der Waals surface area contributed by atoms with Gasteiger partial charge in [0.15, 0.2) is 18.2 Å². The standard InChI is InChI=1S/C9H8FNO2/c1-12-7-2-3-8(10)9(6-7)13-5-4-11/h2-3,6H,5H2,1H3. The largest absolute Gasteiger partial charge is 0.497 e. The van der Waals surface area contributed by atoms with Crippen LogP contribution in [0.4, 0.5) is 4.39 Å². The molecule has 0 aliphatic heterocycles. The molecule has 0 aliphatic carbocycles. The highest BCUT2D eigenvalue weighted by Gasteiger charge is 2.04. The second-order valence-corrected chi connectivity index (χ2v) is 2.24. The Morgan fingerprint density at radius 3 is 2.92 bits per heavy atom. The lowest BCUT2D eigenvalue weighted by Gasteiger charge is -2.05. The molecule has 0 amide bonds. The van der Waals surface area contributed by atoms with Crippen LogP contribution in [0.25, 0.3) is 0 Å². The average molecular weight is 181 g/mol. The van der Waals surface area contributed by atoms with E-state index in [2.05, 4.69) is 0 Å². The zero-order valence-corrected chi connectivity index (χ0v) is 7.08. The van der Waals surface area contributed by atoms with Crippen LogP contribution in [0.1, 0.15) is 0 Å². The third-order valence-electron chi connectivity index (χ3n) is 1.43. The van der Waals surface area contributed by atoms with Crippen molar-refractivity contribution in [1.82, 2.24) is 0 Å². The van der Waals surface area contributed by atoms with Crippen LogP contribution in [-0.4, -0.2) is 13.7 Å². The summed E-state index contributed by atoms with van der Waals surface area (Å²) in [6.07, 6.45) is 0. The molecule has 3 nitrogen and oxygen atoms in total. The van der Waals surface area contributed by atoms with Gasteiger partial charge in [0.25, 0.3) is 0 Å². The number of rotatable bonds is 3. The molecule has 0 aromatic heterocycles. The number of nitriles is 1. The fourth-order valence-electron chi connectivity index (χ4n) is 0.831. The molecule has 0 bridgehead atoms. The molecule has 4 heteroatoms. The second-order valence-electron chi connectivity index (χ2n) is 2.24. The maximum absolute atomic E-state index is 12.9. The minimum absolute atomic E-state index is 0.0286. The lowest BCUT2D eigenvalue weighted by molar-refractivity contribution is 0.340. The van der Waals surface area contributed by atoms with Crippen molar-refractivity contribution in [3.63, 3.8) is 0 Å². The number of methoxy groups -OCH3 is 1. The Kier molecular flexibility index (Phi) is 3.09. The quantitative estimate of drug-likeness (QED) is 0.713. The Morgan fingerprint density at radius 2 is 2.31 bits per heavy atom. The Hall–Kier alpha value is -1.76. The van der Waals surface area contributed by atoms with Crippen molar-refractivity contribution in [2.24, 2.45) is 0 Å². The summed E-state index contributed by atoms with van der Waals surface area (Å²) in [5.41, 5.74) is 0. The number of ether oxygens (including phenoxy) is 2. The third-order valence-corrected chi connectivity index (χ3v) is 1.43. The summed E-state index contributed by atoms with van der Waals surface area (Å²) in [5.74, 6) is 0.0197. The molecule has 0 aliphatic rings. The van der Waals surface area contributed by atoms with Gasteiger partial charge in [0.1, 0.15) is 11.8 Å². The summed E-state index contributed by atoms with van der Waals surface area (Å²) < 4.78 is 22.6. The van der Waals surface area contributed by atoms with Crippen LogP contribution in [0.2, 0.25) is 0 Å². The number of hydrogen-bond donors (Lipinski definition) is 0. The summed E-state index contributed by atoms with van der Waals surface area (Å²) in [6.45, 7) is -0.177. The van der Waals surface area contributed by atoms with Gasteiger partial charge in [-0.3, -0.25) is 0 Å². The molecule has 0 fully saturated rings. The number of hydrogen-bond acceptors (Lipinski definition) is 3. The van der Waals surface area contributed by atoms with Gasteiger partial charge in [0, 0.05) is 6.07 Å². The predicted molar refractivity (Wildman–Crippen MR) is 44.1 cm³/mol. The minimum atomic E-state index is -0.504. The van der Waals surface area contributed by atoms with Crippen LogP contribution in [0, 0.1) is 17.1 Å². The molecule has 1 aromatic rings. The van der Waals surface area contributed by atoms with Gasteiger partial charge in [0.2, 0.25) is 0 Å². The van der Waals surface area contributed by atoms with Crippen molar-refractivity contribution < 1.29 is 13.9 Å². The SMILES string of the molecule is COc1ccc(F)c(OCC#N)c1. The minimum Gasteiger partial charge on any atom is -0.497 e. The highest BCUT2D eigenvalue weighted by molar-refractivity contribution is 5.34. The molecule has 13 heavy (non-hydrogen) atoms. The molecule has 0 heterocycles. The molecular formula is C9H8FNO2. The number of benzene rings is 1. The van der Waals surface area contributed by atoms with Gasteiger partial charge < -0.3 is 9.47 Å². The van der Waals surface area contributed by atoms with E-state index in [0.29, 0.717) is 5.75 Å². The van der Waals surface area contributed by atoms with E-state index in [1.54, 1.807) is 6.07 Å². The van der Waals surface area contributed by atoms with Crippen LogP contribution in [0.15, 0.2) is 18.2 Å². The summed E-state index contributed by atoms with van der Waals surface area (Å²) in [5, 5.41) is 8.22. The van der Waals surface area contributed by atoms with Gasteiger partial charge in [-0.15, -0.1) is 0 Å². The van der Waals surface area contributed by atoms with Crippen LogP contribution in [-0.2, 0) is 0 Å². The summed E-state index contributed by atoms with van der Waals surface area (Å²) >= 11 is 0. The molecule has 0 saturated carbocycles. The van der Waals surface area contributed by atoms with Gasteiger partial charge in [-0.2, -0.15) is 5.26 Å². The van der Waals surface area contributed by atoms with Crippen molar-refractivity contribution in [1.29, 1.82) is 5.26 Å². The van der Waals surface area contributed by atoms with E-state index < -0.39 is 5.82 Å². The van der Waals surface area contributed by atoms with Crippen molar-refractivity contribution >= 4 is 0 Å². The maximum atomic E-state index is 12.9. The molecule has 1 aromatic carbocycles. The first-order chi connectivity index (χ1) is 6.27. The first kappa shape index (κ1) is 9.33. The van der Waals surface area contributed by atoms with Gasteiger partial charge in [-0.05, 0) is 12.1 Å². The molecule has 0 radical (unpaired) electrons. The molecule has 0 saturated heterocycles. The molecule has 1 rings (SSSR count). The van der Waals surface area contributed by atoms with Crippen LogP contribution < -0.4 is 9.47 Å². The normalized spacial score (nSPS) is 9.00. The Balaban J connectivity index is 2.85. The molecule has 68 valence electrons. The first-order valence-corrected chi connectivity index (χ1v) is 3.61. The van der Waals surface area contributed by atoms with E-state index in [4.69, 9.17) is 14.7 Å². The van der Waals surface area contributed by atoms with E-state index >= 15 is 0 Å². The van der Waals surface area contributed by atoms with Crippen LogP contribution in [0.5, 0.6) is 11.5 Å². The summed E-state index contributed by atoms with van der Waals surface area (Å²) in [4.78, 5) is 0. The predicted octanol–water partition coefficient (Wildman–Crippen LogP) is 1.74. The number of halogens is 1. The fraction of sp³-hybridized carbons (Fsp3) is 0.222. The lowest BCUT2D eigenvalue weighted by atomic mass is 10.3. The van der Waals surface area contributed by atoms with Crippen molar-refractivity contribution in [3.8, 4) is 17.6 Å². The summed E-state index contributed by atoms with van der Waals surface area (Å²) in [7, 11) is 1.47. The van der Waals surface area contributed by atoms with Gasteiger partial charge in [0.05, 0.1) is 7.11 Å². The van der Waals surface area contributed by atoms with E-state index in [1.807, 2.05) is 0 Å². The zero-order valence-electron chi connectivity index (χ0n) is 7.08. The third kappa shape index (κ3) is 2.34. The van der Waals surface area contributed by atoms with E-state index in [-0.39, 0.29) is 12.4 Å². The zero-order chi connectivity index (χ0) is 9.68. The molecule has 0 unspecified atom stereocenters. The Bertz CT molecular complexity index is 333. The topological polar surface area (TPSA) is 42.2 Å². The van der Waals surface area contributed by atoms with Gasteiger partial charge in [-0.1, -0.05) is 0 Å². The van der Waals surface area contributed by atoms with E-state index in [9.17, 15) is 4.39 Å². The average Bonchev–Trinajstić information content (AvgIpc) is 2.17. The Labute approximate surface area is 75.3 Å². The van der Waals surface area contributed by atoms with Crippen molar-refractivity contribution in [2.75, 3.05) is 13.7 Å². The lowest BCUT2D eigenvalue weighted by Crippen LogP contribution is -1.96. The van der Waals surface area contributed by atoms with Crippen LogP contribution in [0.3, 0.4) is 0 Å². The van der Waals surface area contributed by atoms with Crippen molar-refractivity contribution in [2.45, 2.75) is 0 Å². The fourth-order valence-corrected chi connectivity index (χ4v) is 0.831. The van der Waals surface area contributed by atoms with Gasteiger partial charge in [-0.25, -0.2) is 4.39 Å². The highest BCUT2D eigenvalue weighted by atomic mass is 19.1. The molecule has 0 atom stereocenters. The Morgan fingerprint density at radius 1 is 1.54 bits per heavy atom. The monoisotopic (exact) mass is 181 g/mol. The molecular weight excluding hydrogens is 173 g/mol.